The van der Waals surface area contributed by atoms with E-state index in [1.165, 1.54) is 12.8 Å². The maximum absolute atomic E-state index is 13.2. The van der Waals surface area contributed by atoms with E-state index in [2.05, 4.69) is 15.6 Å². The van der Waals surface area contributed by atoms with Crippen molar-refractivity contribution in [2.24, 2.45) is 28.2 Å². The molecule has 2 unspecified atom stereocenters. The van der Waals surface area contributed by atoms with Crippen LogP contribution in [-0.2, 0) is 10.2 Å². The van der Waals surface area contributed by atoms with Gasteiger partial charge in [-0.05, 0) is 56.2 Å². The Morgan fingerprint density at radius 3 is 2.86 bits per heavy atom. The molecule has 1 spiro atoms. The zero-order chi connectivity index (χ0) is 25.1. The molecule has 10 heteroatoms. The van der Waals surface area contributed by atoms with E-state index in [0.717, 1.165) is 53.0 Å². The summed E-state index contributed by atoms with van der Waals surface area (Å²) in [6.07, 6.45) is 2.76. The van der Waals surface area contributed by atoms with Crippen molar-refractivity contribution in [1.82, 2.24) is 19.6 Å². The Hall–Kier alpha value is -3.14. The van der Waals surface area contributed by atoms with Gasteiger partial charge in [0, 0.05) is 48.3 Å². The normalized spacial score (nSPS) is 33.1. The first-order chi connectivity index (χ1) is 18.0. The third kappa shape index (κ3) is 2.90. The van der Waals surface area contributed by atoms with Crippen LogP contribution < -0.4 is 10.6 Å². The van der Waals surface area contributed by atoms with E-state index in [1.807, 2.05) is 42.9 Å². The Morgan fingerprint density at radius 1 is 1.22 bits per heavy atom. The van der Waals surface area contributed by atoms with E-state index >= 15 is 0 Å². The molecule has 0 aromatic carbocycles. The fourth-order valence-corrected chi connectivity index (χ4v) is 7.52. The van der Waals surface area contributed by atoms with Gasteiger partial charge in [0.05, 0.1) is 35.7 Å². The van der Waals surface area contributed by atoms with E-state index in [1.54, 1.807) is 0 Å². The van der Waals surface area contributed by atoms with Gasteiger partial charge >= 0.3 is 0 Å². The maximum Gasteiger partial charge on any atom is 0.243 e. The summed E-state index contributed by atoms with van der Waals surface area (Å²) in [5, 5.41) is 11.7. The molecule has 37 heavy (non-hydrogen) atoms. The van der Waals surface area contributed by atoms with Crippen LogP contribution >= 0.6 is 0 Å². The number of nitrogens with one attached hydrogen (secondary N) is 2. The zero-order valence-electron chi connectivity index (χ0n) is 20.8. The number of nitrogens with zero attached hydrogens (tertiary/aromatic N) is 5. The molecule has 8 rings (SSSR count). The van der Waals surface area contributed by atoms with Crippen LogP contribution in [-0.4, -0.2) is 58.0 Å². The summed E-state index contributed by atoms with van der Waals surface area (Å²) >= 11 is 0. The van der Waals surface area contributed by atoms with Crippen LogP contribution in [0, 0.1) is 23.2 Å². The van der Waals surface area contributed by atoms with E-state index < -0.39 is 11.8 Å². The van der Waals surface area contributed by atoms with Crippen molar-refractivity contribution in [3.05, 3.63) is 30.1 Å². The fourth-order valence-electron chi connectivity index (χ4n) is 7.52. The summed E-state index contributed by atoms with van der Waals surface area (Å²) in [7, 11) is 1.86. The van der Waals surface area contributed by atoms with Crippen molar-refractivity contribution in [3.63, 3.8) is 0 Å². The number of aliphatic imine (C=N–C) groups is 1. The predicted octanol–water partition coefficient (Wildman–Crippen LogP) is 4.69. The highest BCUT2D eigenvalue weighted by atomic mass is 19.3. The number of halogens is 2. The molecule has 3 aromatic rings. The van der Waals surface area contributed by atoms with Gasteiger partial charge in [0.2, 0.25) is 12.4 Å². The molecule has 192 valence electrons. The van der Waals surface area contributed by atoms with Crippen LogP contribution in [0.1, 0.15) is 38.3 Å². The van der Waals surface area contributed by atoms with E-state index in [9.17, 15) is 8.78 Å². The standard InChI is InChI=1S/C27H29F2N7O/c1-13-26(10-15(26)9-20(28)29)23-19(31-13)6-5-18(32-23)16-7-8-36-21(16)24(30-2)34-25(35-36)33-22-17-11-37-12-27(17,22)14-3-4-14/h5-8,14-15,17,20,22H,3-4,9-12H2,1-2H3,(H2,30,33,34,35)/t15?,17-,22+,26?,27+/m1/s1. The fraction of sp³-hybridized carbons (Fsp3) is 0.556. The number of aromatic nitrogens is 4. The minimum Gasteiger partial charge on any atom is -0.380 e. The molecule has 5 atom stereocenters. The molecule has 3 saturated carbocycles. The van der Waals surface area contributed by atoms with Crippen LogP contribution in [0.3, 0.4) is 0 Å². The first-order valence-corrected chi connectivity index (χ1v) is 13.2. The highest BCUT2D eigenvalue weighted by Gasteiger charge is 2.73. The average molecular weight is 506 g/mol. The number of hydrogen-bond acceptors (Lipinski definition) is 7. The summed E-state index contributed by atoms with van der Waals surface area (Å²) in [6.45, 7) is 3.59. The second kappa shape index (κ2) is 7.24. The van der Waals surface area contributed by atoms with Crippen LogP contribution in [0.15, 0.2) is 29.4 Å². The molecule has 2 N–H and O–H groups in total. The predicted molar refractivity (Wildman–Crippen MR) is 136 cm³/mol. The number of alkyl halides is 2. The number of hydrogen-bond donors (Lipinski definition) is 2. The van der Waals surface area contributed by atoms with Gasteiger partial charge in [0.25, 0.3) is 0 Å². The second-order valence-corrected chi connectivity index (χ2v) is 11.4. The lowest BCUT2D eigenvalue weighted by molar-refractivity contribution is 0.128. The lowest BCUT2D eigenvalue weighted by atomic mass is 9.93. The molecule has 0 bridgehead atoms. The van der Waals surface area contributed by atoms with Crippen molar-refractivity contribution in [1.29, 1.82) is 0 Å². The lowest BCUT2D eigenvalue weighted by Gasteiger charge is -2.16. The SMILES string of the molecule is CNc1nc(N[C@H]2[C@H]3COC[C@]32C2CC2)nn2ccc(-c3ccc4c(n3)C3(CC3CC(F)F)C(C)=N4)c12. The number of anilines is 2. The molecule has 3 aliphatic carbocycles. The molecular weight excluding hydrogens is 476 g/mol. The van der Waals surface area contributed by atoms with Gasteiger partial charge in [-0.15, -0.1) is 5.10 Å². The first kappa shape index (κ1) is 21.9. The Balaban J connectivity index is 1.13. The minimum atomic E-state index is -2.32. The molecule has 0 radical (unpaired) electrons. The van der Waals surface area contributed by atoms with Crippen LogP contribution in [0.25, 0.3) is 16.8 Å². The van der Waals surface area contributed by atoms with Crippen molar-refractivity contribution in [3.8, 4) is 11.3 Å². The van der Waals surface area contributed by atoms with Gasteiger partial charge in [0.15, 0.2) is 5.82 Å². The molecule has 3 aromatic heterocycles. The average Bonchev–Trinajstić information content (AvgIpc) is 3.82. The van der Waals surface area contributed by atoms with Crippen molar-refractivity contribution in [2.75, 3.05) is 30.9 Å². The van der Waals surface area contributed by atoms with E-state index in [0.29, 0.717) is 30.1 Å². The molecule has 0 amide bonds. The summed E-state index contributed by atoms with van der Waals surface area (Å²) in [6, 6.07) is 6.26. The van der Waals surface area contributed by atoms with Gasteiger partial charge in [-0.2, -0.15) is 4.98 Å². The molecule has 5 heterocycles. The summed E-state index contributed by atoms with van der Waals surface area (Å²) < 4.78 is 34.0. The topological polar surface area (TPSA) is 88.7 Å². The summed E-state index contributed by atoms with van der Waals surface area (Å²) in [5.41, 5.74) is 4.84. The maximum atomic E-state index is 13.2. The van der Waals surface area contributed by atoms with E-state index in [4.69, 9.17) is 19.8 Å². The smallest absolute Gasteiger partial charge is 0.243 e. The van der Waals surface area contributed by atoms with Crippen molar-refractivity contribution in [2.45, 2.75) is 50.5 Å². The van der Waals surface area contributed by atoms with Crippen LogP contribution in [0.5, 0.6) is 0 Å². The number of rotatable bonds is 7. The Bertz CT molecular complexity index is 1480. The van der Waals surface area contributed by atoms with Crippen molar-refractivity contribution >= 4 is 28.7 Å². The van der Waals surface area contributed by atoms with Gasteiger partial charge in [-0.25, -0.2) is 18.3 Å². The molecular formula is C27H29F2N7O. The van der Waals surface area contributed by atoms with Crippen LogP contribution in [0.4, 0.5) is 26.2 Å². The monoisotopic (exact) mass is 505 g/mol. The van der Waals surface area contributed by atoms with Gasteiger partial charge in [-0.1, -0.05) is 0 Å². The first-order valence-electron chi connectivity index (χ1n) is 13.2. The minimum absolute atomic E-state index is 0.109. The Morgan fingerprint density at radius 2 is 2.08 bits per heavy atom. The number of ether oxygens (including phenoxy) is 1. The van der Waals surface area contributed by atoms with E-state index in [-0.39, 0.29) is 17.8 Å². The molecule has 8 nitrogen and oxygen atoms in total. The Labute approximate surface area is 212 Å². The van der Waals surface area contributed by atoms with Crippen LogP contribution in [0.2, 0.25) is 0 Å². The highest BCUT2D eigenvalue weighted by Crippen LogP contribution is 2.68. The third-order valence-electron chi connectivity index (χ3n) is 9.66. The van der Waals surface area contributed by atoms with Crippen molar-refractivity contribution < 1.29 is 13.5 Å². The van der Waals surface area contributed by atoms with Gasteiger partial charge < -0.3 is 15.4 Å². The molecule has 2 aliphatic heterocycles. The second-order valence-electron chi connectivity index (χ2n) is 11.4. The van der Waals surface area contributed by atoms with Gasteiger partial charge in [-0.3, -0.25) is 4.99 Å². The number of pyridine rings is 1. The third-order valence-corrected chi connectivity index (χ3v) is 9.66. The quantitative estimate of drug-likeness (QED) is 0.485. The molecule has 4 fully saturated rings. The highest BCUT2D eigenvalue weighted by molar-refractivity contribution is 6.03. The lowest BCUT2D eigenvalue weighted by Crippen LogP contribution is -2.23. The molecule has 5 aliphatic rings. The molecule has 1 saturated heterocycles. The Kier molecular flexibility index (Phi) is 4.29. The van der Waals surface area contributed by atoms with Gasteiger partial charge in [0.1, 0.15) is 5.52 Å². The largest absolute Gasteiger partial charge is 0.380 e. The number of fused-ring (bicyclic) bond motifs is 4. The summed E-state index contributed by atoms with van der Waals surface area (Å²) in [4.78, 5) is 14.5. The zero-order valence-corrected chi connectivity index (χ0v) is 20.8. The summed E-state index contributed by atoms with van der Waals surface area (Å²) in [5.74, 6) is 2.52.